The fourth-order valence-electron chi connectivity index (χ4n) is 1.58. The highest BCUT2D eigenvalue weighted by Gasteiger charge is 2.09. The third-order valence-electron chi connectivity index (χ3n) is 2.42. The Morgan fingerprint density at radius 1 is 1.19 bits per heavy atom. The molecule has 0 aliphatic heterocycles. The maximum atomic E-state index is 5.80. The molecule has 0 saturated heterocycles. The molecule has 0 unspecified atom stereocenters. The van der Waals surface area contributed by atoms with Crippen LogP contribution in [0.4, 0.5) is 11.6 Å². The van der Waals surface area contributed by atoms with Gasteiger partial charge in [0.2, 0.25) is 0 Å². The molecule has 0 radical (unpaired) electrons. The highest BCUT2D eigenvalue weighted by atomic mass is 15.2. The summed E-state index contributed by atoms with van der Waals surface area (Å²) < 4.78 is 0. The summed E-state index contributed by atoms with van der Waals surface area (Å²) in [4.78, 5) is 12.7. The van der Waals surface area contributed by atoms with Crippen molar-refractivity contribution in [3.63, 3.8) is 0 Å². The molecule has 90 valence electrons. The van der Waals surface area contributed by atoms with Gasteiger partial charge < -0.3 is 15.5 Å². The van der Waals surface area contributed by atoms with Gasteiger partial charge in [0.25, 0.3) is 0 Å². The van der Waals surface area contributed by atoms with Crippen molar-refractivity contribution in [1.29, 1.82) is 0 Å². The second kappa shape index (κ2) is 6.27. The number of hydrogen-bond donors (Lipinski definition) is 1. The van der Waals surface area contributed by atoms with Gasteiger partial charge in [0.1, 0.15) is 0 Å². The van der Waals surface area contributed by atoms with Crippen molar-refractivity contribution in [2.75, 3.05) is 44.4 Å². The Bertz CT molecular complexity index is 313. The molecule has 0 atom stereocenters. The van der Waals surface area contributed by atoms with E-state index in [0.717, 1.165) is 31.9 Å². The van der Waals surface area contributed by atoms with Crippen LogP contribution in [0, 0.1) is 0 Å². The normalized spacial score (nSPS) is 10.8. The summed E-state index contributed by atoms with van der Waals surface area (Å²) in [5.41, 5.74) is 5.80. The van der Waals surface area contributed by atoms with E-state index in [1.54, 1.807) is 12.4 Å². The van der Waals surface area contributed by atoms with Crippen LogP contribution in [-0.2, 0) is 0 Å². The average Bonchev–Trinajstić information content (AvgIpc) is 2.25. The predicted octanol–water partition coefficient (Wildman–Crippen LogP) is 0.837. The van der Waals surface area contributed by atoms with Gasteiger partial charge in [0, 0.05) is 25.5 Å². The molecule has 1 aromatic rings. The molecule has 0 saturated carbocycles. The van der Waals surface area contributed by atoms with Gasteiger partial charge in [-0.1, -0.05) is 0 Å². The van der Waals surface area contributed by atoms with E-state index >= 15 is 0 Å². The van der Waals surface area contributed by atoms with Gasteiger partial charge >= 0.3 is 0 Å². The zero-order valence-corrected chi connectivity index (χ0v) is 10.3. The van der Waals surface area contributed by atoms with E-state index in [2.05, 4.69) is 40.8 Å². The molecule has 0 aromatic carbocycles. The molecule has 1 heterocycles. The lowest BCUT2D eigenvalue weighted by molar-refractivity contribution is 0.400. The number of nitrogen functional groups attached to an aromatic ring is 1. The molecular formula is C11H21N5. The third kappa shape index (κ3) is 3.66. The molecule has 16 heavy (non-hydrogen) atoms. The Morgan fingerprint density at radius 2 is 1.88 bits per heavy atom. The largest absolute Gasteiger partial charge is 0.381 e. The van der Waals surface area contributed by atoms with Crippen LogP contribution in [0.2, 0.25) is 0 Å². The first kappa shape index (κ1) is 12.7. The van der Waals surface area contributed by atoms with E-state index < -0.39 is 0 Å². The Morgan fingerprint density at radius 3 is 2.44 bits per heavy atom. The van der Waals surface area contributed by atoms with Crippen LogP contribution in [0.5, 0.6) is 0 Å². The van der Waals surface area contributed by atoms with E-state index in [9.17, 15) is 0 Å². The molecule has 5 nitrogen and oxygen atoms in total. The number of rotatable bonds is 6. The van der Waals surface area contributed by atoms with Crippen molar-refractivity contribution in [3.8, 4) is 0 Å². The lowest BCUT2D eigenvalue weighted by Gasteiger charge is -2.23. The average molecular weight is 223 g/mol. The van der Waals surface area contributed by atoms with Crippen molar-refractivity contribution in [3.05, 3.63) is 12.4 Å². The summed E-state index contributed by atoms with van der Waals surface area (Å²) in [6.07, 6.45) is 4.39. The van der Waals surface area contributed by atoms with Crippen LogP contribution in [0.3, 0.4) is 0 Å². The lowest BCUT2D eigenvalue weighted by Crippen LogP contribution is -2.28. The zero-order valence-electron chi connectivity index (χ0n) is 10.3. The number of anilines is 2. The molecule has 2 N–H and O–H groups in total. The van der Waals surface area contributed by atoms with Gasteiger partial charge in [0.15, 0.2) is 11.6 Å². The Hall–Kier alpha value is -1.36. The smallest absolute Gasteiger partial charge is 0.171 e. The molecule has 1 rings (SSSR count). The number of nitrogens with zero attached hydrogens (tertiary/aromatic N) is 4. The first-order valence-corrected chi connectivity index (χ1v) is 5.61. The van der Waals surface area contributed by atoms with E-state index in [1.807, 2.05) is 0 Å². The summed E-state index contributed by atoms with van der Waals surface area (Å²) in [6.45, 7) is 5.02. The molecule has 0 amide bonds. The molecule has 0 spiro atoms. The molecule has 0 aliphatic rings. The first-order valence-electron chi connectivity index (χ1n) is 5.61. The zero-order chi connectivity index (χ0) is 12.0. The van der Waals surface area contributed by atoms with Gasteiger partial charge in [-0.3, -0.25) is 0 Å². The van der Waals surface area contributed by atoms with Crippen LogP contribution < -0.4 is 10.6 Å². The summed E-state index contributed by atoms with van der Waals surface area (Å²) in [7, 11) is 4.15. The maximum absolute atomic E-state index is 5.80. The summed E-state index contributed by atoms with van der Waals surface area (Å²) in [5.74, 6) is 1.30. The van der Waals surface area contributed by atoms with Crippen molar-refractivity contribution in [1.82, 2.24) is 14.9 Å². The Labute approximate surface area is 97.3 Å². The molecule has 5 heteroatoms. The van der Waals surface area contributed by atoms with E-state index in [1.165, 1.54) is 0 Å². The monoisotopic (exact) mass is 223 g/mol. The van der Waals surface area contributed by atoms with Crippen molar-refractivity contribution in [2.24, 2.45) is 0 Å². The van der Waals surface area contributed by atoms with Crippen LogP contribution in [0.1, 0.15) is 13.3 Å². The third-order valence-corrected chi connectivity index (χ3v) is 2.42. The van der Waals surface area contributed by atoms with Crippen molar-refractivity contribution < 1.29 is 0 Å². The standard InChI is InChI=1S/C11H21N5/c1-4-16(9-5-8-15(2)3)11-10(12)13-6-7-14-11/h6-7H,4-5,8-9H2,1-3H3,(H2,12,13). The number of aromatic nitrogens is 2. The Balaban J connectivity index is 2.57. The van der Waals surface area contributed by atoms with Crippen LogP contribution >= 0.6 is 0 Å². The quantitative estimate of drug-likeness (QED) is 0.774. The maximum Gasteiger partial charge on any atom is 0.171 e. The Kier molecular flexibility index (Phi) is 4.98. The topological polar surface area (TPSA) is 58.3 Å². The minimum absolute atomic E-state index is 0.509. The van der Waals surface area contributed by atoms with Crippen molar-refractivity contribution >= 4 is 11.6 Å². The second-order valence-corrected chi connectivity index (χ2v) is 4.00. The highest BCUT2D eigenvalue weighted by Crippen LogP contribution is 2.16. The second-order valence-electron chi connectivity index (χ2n) is 4.00. The minimum atomic E-state index is 0.509. The summed E-state index contributed by atoms with van der Waals surface area (Å²) >= 11 is 0. The van der Waals surface area contributed by atoms with Gasteiger partial charge in [-0.05, 0) is 34.0 Å². The fourth-order valence-corrected chi connectivity index (χ4v) is 1.58. The first-order chi connectivity index (χ1) is 7.65. The van der Waals surface area contributed by atoms with Gasteiger partial charge in [-0.2, -0.15) is 0 Å². The van der Waals surface area contributed by atoms with E-state index in [0.29, 0.717) is 5.82 Å². The lowest BCUT2D eigenvalue weighted by atomic mass is 10.3. The molecular weight excluding hydrogens is 202 g/mol. The minimum Gasteiger partial charge on any atom is -0.381 e. The summed E-state index contributed by atoms with van der Waals surface area (Å²) in [5, 5.41) is 0. The van der Waals surface area contributed by atoms with Crippen LogP contribution in [0.25, 0.3) is 0 Å². The molecule has 0 aliphatic carbocycles. The molecule has 1 aromatic heterocycles. The predicted molar refractivity (Wildman–Crippen MR) is 67.5 cm³/mol. The SMILES string of the molecule is CCN(CCCN(C)C)c1nccnc1N. The van der Waals surface area contributed by atoms with Gasteiger partial charge in [-0.25, -0.2) is 9.97 Å². The van der Waals surface area contributed by atoms with Gasteiger partial charge in [-0.15, -0.1) is 0 Å². The molecule has 0 fully saturated rings. The van der Waals surface area contributed by atoms with E-state index in [4.69, 9.17) is 5.73 Å². The number of nitrogens with two attached hydrogens (primary N) is 1. The number of hydrogen-bond acceptors (Lipinski definition) is 5. The molecule has 0 bridgehead atoms. The van der Waals surface area contributed by atoms with Crippen LogP contribution in [-0.4, -0.2) is 48.6 Å². The highest BCUT2D eigenvalue weighted by molar-refractivity contribution is 5.56. The van der Waals surface area contributed by atoms with Crippen LogP contribution in [0.15, 0.2) is 12.4 Å². The summed E-state index contributed by atoms with van der Waals surface area (Å²) in [6, 6.07) is 0. The van der Waals surface area contributed by atoms with Crippen molar-refractivity contribution in [2.45, 2.75) is 13.3 Å². The van der Waals surface area contributed by atoms with E-state index in [-0.39, 0.29) is 0 Å². The fraction of sp³-hybridized carbons (Fsp3) is 0.636. The van der Waals surface area contributed by atoms with Gasteiger partial charge in [0.05, 0.1) is 0 Å².